The average molecular weight is 531 g/mol. The first kappa shape index (κ1) is 27.1. The number of phenolic OH excluding ortho intramolecular Hbond substituents is 2. The van der Waals surface area contributed by atoms with Gasteiger partial charge in [0.2, 0.25) is 11.8 Å². The van der Waals surface area contributed by atoms with Crippen LogP contribution in [0.5, 0.6) is 11.5 Å². The van der Waals surface area contributed by atoms with Crippen molar-refractivity contribution in [2.45, 2.75) is 38.8 Å². The first-order chi connectivity index (χ1) is 18.3. The van der Waals surface area contributed by atoms with Gasteiger partial charge in [-0.25, -0.2) is 4.98 Å². The number of primary amides is 1. The number of aromatic nitrogens is 2. The molecule has 10 N–H and O–H groups in total. The summed E-state index contributed by atoms with van der Waals surface area (Å²) < 4.78 is 0. The van der Waals surface area contributed by atoms with E-state index in [1.807, 2.05) is 0 Å². The summed E-state index contributed by atoms with van der Waals surface area (Å²) in [6.45, 7) is 4.71. The number of hydrogen-bond acceptors (Lipinski definition) is 7. The molecule has 1 heterocycles. The molecule has 0 saturated heterocycles. The summed E-state index contributed by atoms with van der Waals surface area (Å²) in [7, 11) is 0. The third-order valence-electron chi connectivity index (χ3n) is 6.69. The van der Waals surface area contributed by atoms with E-state index in [0.717, 1.165) is 0 Å². The minimum atomic E-state index is -1.18. The van der Waals surface area contributed by atoms with Crippen molar-refractivity contribution in [1.29, 1.82) is 5.41 Å². The Labute approximate surface area is 224 Å². The predicted octanol–water partition coefficient (Wildman–Crippen LogP) is 2.35. The Morgan fingerprint density at radius 1 is 1.05 bits per heavy atom. The quantitative estimate of drug-likeness (QED) is 0.126. The number of nitrogens with zero attached hydrogens (tertiary/aromatic N) is 1. The molecule has 1 atom stereocenters. The molecule has 0 radical (unpaired) electrons. The maximum atomic E-state index is 12.4. The number of aromatic hydroxyl groups is 2. The van der Waals surface area contributed by atoms with E-state index in [-0.39, 0.29) is 46.4 Å². The summed E-state index contributed by atoms with van der Waals surface area (Å²) in [5, 5.41) is 41.9. The summed E-state index contributed by atoms with van der Waals surface area (Å²) >= 11 is 0. The number of benzene rings is 3. The van der Waals surface area contributed by atoms with Crippen LogP contribution in [0.1, 0.15) is 37.5 Å². The van der Waals surface area contributed by atoms with Gasteiger partial charge in [-0.15, -0.1) is 0 Å². The van der Waals surface area contributed by atoms with Gasteiger partial charge in [0.1, 0.15) is 29.3 Å². The number of fused-ring (bicyclic) bond motifs is 1. The van der Waals surface area contributed by atoms with Crippen molar-refractivity contribution < 1.29 is 24.9 Å². The maximum Gasteiger partial charge on any atom is 0.248 e. The van der Waals surface area contributed by atoms with Crippen LogP contribution in [0, 0.1) is 5.41 Å². The molecule has 0 unspecified atom stereocenters. The molecule has 11 nitrogen and oxygen atoms in total. The molecule has 4 rings (SSSR count). The Hall–Kier alpha value is -4.90. The highest BCUT2D eigenvalue weighted by Crippen LogP contribution is 2.44. The van der Waals surface area contributed by atoms with Gasteiger partial charge in [0.15, 0.2) is 0 Å². The molecule has 0 saturated carbocycles. The molecule has 1 aromatic heterocycles. The van der Waals surface area contributed by atoms with Crippen molar-refractivity contribution in [3.63, 3.8) is 0 Å². The van der Waals surface area contributed by atoms with Gasteiger partial charge >= 0.3 is 0 Å². The fourth-order valence-electron chi connectivity index (χ4n) is 4.07. The summed E-state index contributed by atoms with van der Waals surface area (Å²) in [4.78, 5) is 31.9. The monoisotopic (exact) mass is 530 g/mol. The molecule has 39 heavy (non-hydrogen) atoms. The third kappa shape index (κ3) is 5.25. The van der Waals surface area contributed by atoms with Gasteiger partial charge in [0.05, 0.1) is 22.0 Å². The highest BCUT2D eigenvalue weighted by Gasteiger charge is 2.30. The van der Waals surface area contributed by atoms with Crippen LogP contribution in [0.25, 0.3) is 33.5 Å². The first-order valence-corrected chi connectivity index (χ1v) is 12.1. The highest BCUT2D eigenvalue weighted by molar-refractivity contribution is 5.98. The van der Waals surface area contributed by atoms with E-state index < -0.39 is 23.3 Å². The second kappa shape index (κ2) is 10.1. The van der Waals surface area contributed by atoms with Crippen molar-refractivity contribution in [1.82, 2.24) is 15.3 Å². The minimum absolute atomic E-state index is 0.0686. The normalized spacial score (nSPS) is 12.3. The van der Waals surface area contributed by atoms with Gasteiger partial charge in [-0.1, -0.05) is 6.07 Å². The summed E-state index contributed by atoms with van der Waals surface area (Å²) in [6, 6.07) is 12.8. The van der Waals surface area contributed by atoms with Crippen molar-refractivity contribution >= 4 is 28.7 Å². The maximum absolute atomic E-state index is 12.4. The number of aromatic amines is 1. The number of rotatable bonds is 8. The van der Waals surface area contributed by atoms with Crippen LogP contribution in [0.15, 0.2) is 48.5 Å². The molecule has 11 heteroatoms. The number of amides is 2. The van der Waals surface area contributed by atoms with Gasteiger partial charge in [-0.3, -0.25) is 15.0 Å². The van der Waals surface area contributed by atoms with Crippen LogP contribution in [-0.4, -0.2) is 49.0 Å². The predicted molar refractivity (Wildman–Crippen MR) is 147 cm³/mol. The Bertz CT molecular complexity index is 1620. The van der Waals surface area contributed by atoms with Crippen LogP contribution in [-0.2, 0) is 21.5 Å². The van der Waals surface area contributed by atoms with E-state index in [1.54, 1.807) is 56.3 Å². The number of phenols is 2. The molecule has 4 aromatic rings. The summed E-state index contributed by atoms with van der Waals surface area (Å²) in [6.07, 6.45) is -1.18. The van der Waals surface area contributed by atoms with E-state index in [1.165, 1.54) is 13.0 Å². The van der Waals surface area contributed by atoms with Crippen molar-refractivity contribution in [3.05, 3.63) is 65.2 Å². The zero-order valence-electron chi connectivity index (χ0n) is 21.7. The lowest BCUT2D eigenvalue weighted by molar-refractivity contribution is -0.128. The molecule has 0 spiro atoms. The SMILES string of the molecule is C[C@@H](O)C(=O)NCc1ccc(O)c(-c2cc(C(C)(C)C(N)=O)cc(-c3nc4cc(C(=N)N)ccc4[nH]3)c2O)c1. The number of hydrogen-bond donors (Lipinski definition) is 8. The number of amidine groups is 1. The fraction of sp³-hybridized carbons (Fsp3) is 0.214. The molecule has 0 aliphatic heterocycles. The number of aliphatic hydroxyl groups excluding tert-OH is 1. The molecule has 202 valence electrons. The van der Waals surface area contributed by atoms with E-state index >= 15 is 0 Å². The number of aliphatic hydroxyl groups is 1. The van der Waals surface area contributed by atoms with Gasteiger partial charge in [0.25, 0.3) is 0 Å². The first-order valence-electron chi connectivity index (χ1n) is 12.1. The number of nitrogen functional groups attached to an aromatic ring is 1. The summed E-state index contributed by atoms with van der Waals surface area (Å²) in [5.74, 6) is -1.35. The molecule has 0 bridgehead atoms. The van der Waals surface area contributed by atoms with Gasteiger partial charge < -0.3 is 37.1 Å². The molecule has 0 aliphatic rings. The molecular weight excluding hydrogens is 500 g/mol. The van der Waals surface area contributed by atoms with Crippen molar-refractivity contribution in [2.75, 3.05) is 0 Å². The Morgan fingerprint density at radius 2 is 1.74 bits per heavy atom. The van der Waals surface area contributed by atoms with Crippen LogP contribution in [0.2, 0.25) is 0 Å². The molecule has 0 aliphatic carbocycles. The van der Waals surface area contributed by atoms with E-state index in [9.17, 15) is 24.9 Å². The fourth-order valence-corrected chi connectivity index (χ4v) is 4.07. The minimum Gasteiger partial charge on any atom is -0.507 e. The second-order valence-electron chi connectivity index (χ2n) is 9.89. The Kier molecular flexibility index (Phi) is 7.03. The number of carbonyl (C=O) groups is 2. The number of carbonyl (C=O) groups excluding carboxylic acids is 2. The van der Waals surface area contributed by atoms with Crippen molar-refractivity contribution in [3.8, 4) is 34.0 Å². The standard InChI is InChI=1S/C28H30N6O5/c1-13(35)26(38)32-12-14-4-7-22(36)17(8-14)18-10-16(28(2,3)27(31)39)11-19(23(18)37)25-33-20-6-5-15(24(29)30)9-21(20)34-25/h4-11,13,35-37H,12H2,1-3H3,(H3,29,30)(H2,31,39)(H,32,38)(H,33,34)/t13-/m1/s1. The van der Waals surface area contributed by atoms with Crippen LogP contribution in [0.3, 0.4) is 0 Å². The Morgan fingerprint density at radius 3 is 2.38 bits per heavy atom. The van der Waals surface area contributed by atoms with Gasteiger partial charge in [-0.05, 0) is 74.4 Å². The lowest BCUT2D eigenvalue weighted by atomic mass is 9.81. The lowest BCUT2D eigenvalue weighted by Gasteiger charge is -2.24. The van der Waals surface area contributed by atoms with Crippen molar-refractivity contribution in [2.24, 2.45) is 11.5 Å². The highest BCUT2D eigenvalue weighted by atomic mass is 16.3. The number of H-pyrrole nitrogens is 1. The van der Waals surface area contributed by atoms with E-state index in [2.05, 4.69) is 15.3 Å². The zero-order chi connectivity index (χ0) is 28.6. The second-order valence-corrected chi connectivity index (χ2v) is 9.89. The smallest absolute Gasteiger partial charge is 0.248 e. The average Bonchev–Trinajstić information content (AvgIpc) is 3.31. The molecule has 2 amide bonds. The summed E-state index contributed by atoms with van der Waals surface area (Å²) in [5.41, 5.74) is 13.6. The number of imidazole rings is 1. The molecule has 3 aromatic carbocycles. The topological polar surface area (TPSA) is 211 Å². The van der Waals surface area contributed by atoms with Crippen LogP contribution >= 0.6 is 0 Å². The van der Waals surface area contributed by atoms with Gasteiger partial charge in [0, 0.05) is 23.2 Å². The van der Waals surface area contributed by atoms with Crippen LogP contribution in [0.4, 0.5) is 0 Å². The number of nitrogens with one attached hydrogen (secondary N) is 3. The van der Waals surface area contributed by atoms with E-state index in [0.29, 0.717) is 27.7 Å². The number of nitrogens with two attached hydrogens (primary N) is 2. The Balaban J connectivity index is 1.91. The lowest BCUT2D eigenvalue weighted by Crippen LogP contribution is -2.35. The largest absolute Gasteiger partial charge is 0.507 e. The molecular formula is C28H30N6O5. The third-order valence-corrected chi connectivity index (χ3v) is 6.69. The van der Waals surface area contributed by atoms with Crippen LogP contribution < -0.4 is 16.8 Å². The van der Waals surface area contributed by atoms with Gasteiger partial charge in [-0.2, -0.15) is 0 Å². The zero-order valence-corrected chi connectivity index (χ0v) is 21.7. The molecule has 0 fully saturated rings. The van der Waals surface area contributed by atoms with E-state index in [4.69, 9.17) is 16.9 Å².